The van der Waals surface area contributed by atoms with Crippen molar-refractivity contribution in [3.05, 3.63) is 33.5 Å². The Morgan fingerprint density at radius 3 is 3.14 bits per heavy atom. The molecular weight excluding hydrogens is 346 g/mol. The van der Waals surface area contributed by atoms with Crippen LogP contribution in [-0.4, -0.2) is 23.1 Å². The molecule has 3 nitrogen and oxygen atoms in total. The van der Waals surface area contributed by atoms with Gasteiger partial charge >= 0.3 is 0 Å². The Balaban J connectivity index is 1.83. The van der Waals surface area contributed by atoms with Gasteiger partial charge in [-0.3, -0.25) is 4.98 Å². The third-order valence-corrected chi connectivity index (χ3v) is 5.45. The van der Waals surface area contributed by atoms with Crippen molar-refractivity contribution >= 4 is 27.3 Å². The molecule has 0 bridgehead atoms. The number of fused-ring (bicyclic) bond motifs is 1. The van der Waals surface area contributed by atoms with Crippen LogP contribution in [0.5, 0.6) is 0 Å². The molecule has 21 heavy (non-hydrogen) atoms. The van der Waals surface area contributed by atoms with Crippen molar-refractivity contribution in [1.29, 1.82) is 0 Å². The second-order valence-corrected chi connectivity index (χ2v) is 7.51. The molecule has 0 fully saturated rings. The minimum absolute atomic E-state index is 0.574. The number of nitrogens with one attached hydrogen (secondary N) is 1. The number of aromatic nitrogens is 2. The number of rotatable bonds is 5. The lowest BCUT2D eigenvalue weighted by Crippen LogP contribution is -2.24. The van der Waals surface area contributed by atoms with E-state index in [1.165, 1.54) is 36.3 Å². The maximum atomic E-state index is 4.94. The van der Waals surface area contributed by atoms with Gasteiger partial charge in [0, 0.05) is 39.8 Å². The molecule has 2 aromatic rings. The zero-order chi connectivity index (χ0) is 14.7. The molecule has 112 valence electrons. The second kappa shape index (κ2) is 6.99. The topological polar surface area (TPSA) is 37.8 Å². The zero-order valence-corrected chi connectivity index (χ0v) is 14.6. The molecule has 1 N–H and O–H groups in total. The Kier molecular flexibility index (Phi) is 5.03. The highest BCUT2D eigenvalue weighted by atomic mass is 79.9. The van der Waals surface area contributed by atoms with Gasteiger partial charge in [0.2, 0.25) is 0 Å². The highest BCUT2D eigenvalue weighted by molar-refractivity contribution is 9.10. The van der Waals surface area contributed by atoms with Gasteiger partial charge in [-0.25, -0.2) is 4.98 Å². The summed E-state index contributed by atoms with van der Waals surface area (Å²) < 4.78 is 1.01. The molecule has 5 heteroatoms. The minimum Gasteiger partial charge on any atom is -0.316 e. The lowest BCUT2D eigenvalue weighted by molar-refractivity contribution is 0.502. The fourth-order valence-corrected chi connectivity index (χ4v) is 4.35. The van der Waals surface area contributed by atoms with E-state index in [4.69, 9.17) is 4.98 Å². The van der Waals surface area contributed by atoms with E-state index in [0.29, 0.717) is 5.92 Å². The second-order valence-electron chi connectivity index (χ2n) is 5.51. The van der Waals surface area contributed by atoms with Gasteiger partial charge in [-0.1, -0.05) is 6.92 Å². The molecule has 3 rings (SSSR count). The van der Waals surface area contributed by atoms with Gasteiger partial charge in [0.05, 0.1) is 5.69 Å². The van der Waals surface area contributed by atoms with Crippen molar-refractivity contribution in [3.8, 4) is 10.6 Å². The fourth-order valence-electron chi connectivity index (χ4n) is 2.81. The Labute approximate surface area is 138 Å². The summed E-state index contributed by atoms with van der Waals surface area (Å²) in [4.78, 5) is 10.7. The Morgan fingerprint density at radius 2 is 2.33 bits per heavy atom. The van der Waals surface area contributed by atoms with Crippen molar-refractivity contribution in [3.63, 3.8) is 0 Å². The van der Waals surface area contributed by atoms with Crippen LogP contribution >= 0.6 is 27.3 Å². The first kappa shape index (κ1) is 15.1. The van der Waals surface area contributed by atoms with Crippen LogP contribution in [0.25, 0.3) is 10.6 Å². The molecule has 2 heterocycles. The van der Waals surface area contributed by atoms with Crippen LogP contribution < -0.4 is 5.32 Å². The molecule has 0 aliphatic heterocycles. The summed E-state index contributed by atoms with van der Waals surface area (Å²) >= 11 is 5.33. The van der Waals surface area contributed by atoms with E-state index in [0.717, 1.165) is 28.1 Å². The Morgan fingerprint density at radius 1 is 1.43 bits per heavy atom. The van der Waals surface area contributed by atoms with E-state index in [9.17, 15) is 0 Å². The van der Waals surface area contributed by atoms with Crippen LogP contribution in [0.4, 0.5) is 0 Å². The largest absolute Gasteiger partial charge is 0.316 e. The molecule has 1 atom stereocenters. The zero-order valence-electron chi connectivity index (χ0n) is 12.2. The molecule has 0 aromatic carbocycles. The Bertz CT molecular complexity index is 611. The summed E-state index contributed by atoms with van der Waals surface area (Å²) in [5.41, 5.74) is 2.44. The van der Waals surface area contributed by atoms with Crippen LogP contribution in [0.15, 0.2) is 22.9 Å². The van der Waals surface area contributed by atoms with E-state index >= 15 is 0 Å². The average Bonchev–Trinajstić information content (AvgIpc) is 2.92. The Hall–Kier alpha value is -0.780. The minimum atomic E-state index is 0.574. The molecule has 0 saturated heterocycles. The molecule has 0 amide bonds. The number of nitrogens with zero attached hydrogens (tertiary/aromatic N) is 2. The van der Waals surface area contributed by atoms with Gasteiger partial charge in [0.25, 0.3) is 0 Å². The predicted octanol–water partition coefficient (Wildman–Crippen LogP) is 4.39. The van der Waals surface area contributed by atoms with Gasteiger partial charge < -0.3 is 5.32 Å². The highest BCUT2D eigenvalue weighted by Crippen LogP contribution is 2.38. The van der Waals surface area contributed by atoms with Gasteiger partial charge in [-0.15, -0.1) is 11.3 Å². The van der Waals surface area contributed by atoms with Crippen molar-refractivity contribution in [2.45, 2.75) is 38.5 Å². The third kappa shape index (κ3) is 3.52. The number of hydrogen-bond acceptors (Lipinski definition) is 4. The monoisotopic (exact) mass is 365 g/mol. The van der Waals surface area contributed by atoms with Crippen LogP contribution in [0, 0.1) is 0 Å². The summed E-state index contributed by atoms with van der Waals surface area (Å²) in [5, 5.41) is 4.66. The molecule has 1 unspecified atom stereocenters. The molecule has 1 aliphatic carbocycles. The lowest BCUT2D eigenvalue weighted by atomic mass is 9.91. The van der Waals surface area contributed by atoms with Crippen molar-refractivity contribution in [2.75, 3.05) is 13.1 Å². The third-order valence-electron chi connectivity index (χ3n) is 3.84. The van der Waals surface area contributed by atoms with Crippen molar-refractivity contribution < 1.29 is 0 Å². The van der Waals surface area contributed by atoms with Gasteiger partial charge in [-0.2, -0.15) is 0 Å². The maximum absolute atomic E-state index is 4.94. The highest BCUT2D eigenvalue weighted by Gasteiger charge is 2.24. The summed E-state index contributed by atoms with van der Waals surface area (Å²) in [6.07, 6.45) is 8.62. The quantitative estimate of drug-likeness (QED) is 0.798. The van der Waals surface area contributed by atoms with Gasteiger partial charge in [-0.05, 0) is 54.2 Å². The lowest BCUT2D eigenvalue weighted by Gasteiger charge is -2.21. The first-order valence-corrected chi connectivity index (χ1v) is 9.20. The van der Waals surface area contributed by atoms with Crippen molar-refractivity contribution in [1.82, 2.24) is 15.3 Å². The normalized spacial score (nSPS) is 17.7. The van der Waals surface area contributed by atoms with E-state index in [2.05, 4.69) is 39.2 Å². The maximum Gasteiger partial charge on any atom is 0.125 e. The first-order valence-electron chi connectivity index (χ1n) is 7.59. The molecular formula is C16H20BrN3S. The first-order chi connectivity index (χ1) is 10.3. The fraction of sp³-hybridized carbons (Fsp3) is 0.500. The van der Waals surface area contributed by atoms with Crippen LogP contribution in [0.2, 0.25) is 0 Å². The van der Waals surface area contributed by atoms with Gasteiger partial charge in [0.1, 0.15) is 5.01 Å². The number of hydrogen-bond donors (Lipinski definition) is 1. The van der Waals surface area contributed by atoms with E-state index in [1.54, 1.807) is 0 Å². The standard InChI is InChI=1S/C16H20BrN3S/c1-2-6-18-8-11-4-3-5-14-15(11)20-16(21-14)12-7-13(17)10-19-9-12/h7,9-11,18H,2-6,8H2,1H3. The SMILES string of the molecule is CCCNCC1CCCc2sc(-c3cncc(Br)c3)nc21. The number of halogens is 1. The van der Waals surface area contributed by atoms with E-state index < -0.39 is 0 Å². The summed E-state index contributed by atoms with van der Waals surface area (Å²) in [6.45, 7) is 4.36. The smallest absolute Gasteiger partial charge is 0.125 e. The number of thiazole rings is 1. The van der Waals surface area contributed by atoms with Crippen molar-refractivity contribution in [2.24, 2.45) is 0 Å². The van der Waals surface area contributed by atoms with Crippen LogP contribution in [0.3, 0.4) is 0 Å². The average molecular weight is 366 g/mol. The summed E-state index contributed by atoms with van der Waals surface area (Å²) in [6, 6.07) is 2.10. The van der Waals surface area contributed by atoms with E-state index in [1.807, 2.05) is 23.7 Å². The molecule has 1 aliphatic rings. The predicted molar refractivity (Wildman–Crippen MR) is 91.9 cm³/mol. The van der Waals surface area contributed by atoms with Gasteiger partial charge in [0.15, 0.2) is 0 Å². The van der Waals surface area contributed by atoms with Crippen LogP contribution in [-0.2, 0) is 6.42 Å². The molecule has 2 aromatic heterocycles. The number of aryl methyl sites for hydroxylation is 1. The molecule has 0 spiro atoms. The summed E-state index contributed by atoms with van der Waals surface area (Å²) in [5.74, 6) is 0.574. The molecule has 0 saturated carbocycles. The molecule has 0 radical (unpaired) electrons. The summed E-state index contributed by atoms with van der Waals surface area (Å²) in [7, 11) is 0. The van der Waals surface area contributed by atoms with Crippen LogP contribution in [0.1, 0.15) is 42.7 Å². The van der Waals surface area contributed by atoms with E-state index in [-0.39, 0.29) is 0 Å². The number of pyridine rings is 1.